The summed E-state index contributed by atoms with van der Waals surface area (Å²) in [5.74, 6) is -1.65. The van der Waals surface area contributed by atoms with Crippen molar-refractivity contribution in [2.24, 2.45) is 0 Å². The maximum atomic E-state index is 13.2. The number of esters is 1. The topological polar surface area (TPSA) is 92.8 Å². The van der Waals surface area contributed by atoms with Crippen LogP contribution in [0.4, 0.5) is 11.4 Å². The lowest BCUT2D eigenvalue weighted by Crippen LogP contribution is -2.60. The van der Waals surface area contributed by atoms with E-state index in [1.54, 1.807) is 50.2 Å². The molecule has 7 heteroatoms. The molecule has 1 atom stereocenters. The number of carbonyl (C=O) groups excluding carboxylic acids is 4. The molecule has 0 radical (unpaired) electrons. The molecule has 1 heterocycles. The first-order valence-electron chi connectivity index (χ1n) is 10.1. The Bertz CT molecular complexity index is 1030. The molecule has 2 amide bonds. The Morgan fingerprint density at radius 2 is 1.68 bits per heavy atom. The second-order valence-electron chi connectivity index (χ2n) is 8.13. The van der Waals surface area contributed by atoms with Crippen LogP contribution in [-0.2, 0) is 19.1 Å². The fraction of sp³-hybridized carbons (Fsp3) is 0.333. The molecule has 31 heavy (non-hydrogen) atoms. The summed E-state index contributed by atoms with van der Waals surface area (Å²) in [5, 5.41) is 2.79. The highest BCUT2D eigenvalue weighted by Gasteiger charge is 2.45. The van der Waals surface area contributed by atoms with Gasteiger partial charge in [-0.2, -0.15) is 0 Å². The number of ether oxygens (including phenoxy) is 1. The number of nitrogens with zero attached hydrogens (tertiary/aromatic N) is 1. The van der Waals surface area contributed by atoms with Crippen LogP contribution in [0.1, 0.15) is 49.5 Å². The number of Topliss-reactive ketones (excluding diaryl/α,β-unsaturated/α-hetero) is 1. The van der Waals surface area contributed by atoms with Crippen molar-refractivity contribution < 1.29 is 23.9 Å². The number of fused-ring (bicyclic) bond motifs is 1. The molecule has 0 saturated heterocycles. The van der Waals surface area contributed by atoms with Crippen LogP contribution in [-0.4, -0.2) is 35.2 Å². The van der Waals surface area contributed by atoms with Gasteiger partial charge in [0.2, 0.25) is 5.91 Å². The van der Waals surface area contributed by atoms with E-state index in [1.807, 2.05) is 19.1 Å². The quantitative estimate of drug-likeness (QED) is 0.567. The zero-order valence-electron chi connectivity index (χ0n) is 18.1. The first kappa shape index (κ1) is 22.2. The molecule has 2 aromatic rings. The molecule has 0 unspecified atom stereocenters. The van der Waals surface area contributed by atoms with Crippen LogP contribution in [0.15, 0.2) is 48.5 Å². The summed E-state index contributed by atoms with van der Waals surface area (Å²) in [7, 11) is 0. The van der Waals surface area contributed by atoms with E-state index in [4.69, 9.17) is 4.74 Å². The molecular formula is C24H26N2O5. The van der Waals surface area contributed by atoms with Gasteiger partial charge in [-0.05, 0) is 39.8 Å². The number of para-hydroxylation sites is 2. The average Bonchev–Trinajstić information content (AvgIpc) is 2.73. The summed E-state index contributed by atoms with van der Waals surface area (Å²) in [5.41, 5.74) is 1.46. The van der Waals surface area contributed by atoms with Crippen LogP contribution in [0.3, 0.4) is 0 Å². The van der Waals surface area contributed by atoms with E-state index in [0.717, 1.165) is 5.56 Å². The summed E-state index contributed by atoms with van der Waals surface area (Å²) >= 11 is 0. The minimum Gasteiger partial charge on any atom is -0.453 e. The Hall–Kier alpha value is -3.48. The van der Waals surface area contributed by atoms with Gasteiger partial charge in [0.25, 0.3) is 5.91 Å². The number of aryl methyl sites for hydroxylation is 1. The number of amides is 2. The van der Waals surface area contributed by atoms with Crippen LogP contribution in [0.5, 0.6) is 0 Å². The highest BCUT2D eigenvalue weighted by Crippen LogP contribution is 2.37. The maximum Gasteiger partial charge on any atom is 0.307 e. The number of anilines is 2. The highest BCUT2D eigenvalue weighted by molar-refractivity contribution is 6.15. The summed E-state index contributed by atoms with van der Waals surface area (Å²) in [6, 6.07) is 14.1. The molecular weight excluding hydrogens is 396 g/mol. The number of rotatable bonds is 6. The van der Waals surface area contributed by atoms with E-state index >= 15 is 0 Å². The lowest BCUT2D eigenvalue weighted by atomic mass is 9.95. The van der Waals surface area contributed by atoms with Gasteiger partial charge in [-0.25, -0.2) is 0 Å². The van der Waals surface area contributed by atoms with Gasteiger partial charge in [0.05, 0.1) is 17.8 Å². The Kier molecular flexibility index (Phi) is 6.24. The van der Waals surface area contributed by atoms with Gasteiger partial charge in [-0.3, -0.25) is 24.1 Å². The molecule has 1 aliphatic heterocycles. The van der Waals surface area contributed by atoms with E-state index in [9.17, 15) is 19.2 Å². The summed E-state index contributed by atoms with van der Waals surface area (Å²) in [4.78, 5) is 51.6. The van der Waals surface area contributed by atoms with Crippen molar-refractivity contribution in [3.05, 3.63) is 59.7 Å². The van der Waals surface area contributed by atoms with Gasteiger partial charge < -0.3 is 10.1 Å². The van der Waals surface area contributed by atoms with Gasteiger partial charge in [-0.1, -0.05) is 42.0 Å². The summed E-state index contributed by atoms with van der Waals surface area (Å²) < 4.78 is 5.30. The predicted octanol–water partition coefficient (Wildman–Crippen LogP) is 3.65. The number of ketones is 1. The van der Waals surface area contributed by atoms with Gasteiger partial charge in [0.15, 0.2) is 11.9 Å². The normalized spacial score (nSPS) is 15.5. The molecule has 162 valence electrons. The number of hydrogen-bond acceptors (Lipinski definition) is 5. The van der Waals surface area contributed by atoms with Crippen molar-refractivity contribution in [2.75, 3.05) is 10.2 Å². The molecule has 0 aromatic heterocycles. The van der Waals surface area contributed by atoms with Crippen molar-refractivity contribution in [3.8, 4) is 0 Å². The van der Waals surface area contributed by atoms with E-state index in [0.29, 0.717) is 16.9 Å². The number of benzene rings is 2. The minimum absolute atomic E-state index is 0.0107. The molecule has 0 aliphatic carbocycles. The monoisotopic (exact) mass is 422 g/mol. The van der Waals surface area contributed by atoms with Crippen LogP contribution < -0.4 is 10.2 Å². The first-order chi connectivity index (χ1) is 14.6. The Balaban J connectivity index is 1.65. The third-order valence-electron chi connectivity index (χ3n) is 5.31. The number of carbonyl (C=O) groups is 4. The molecule has 0 saturated carbocycles. The van der Waals surface area contributed by atoms with Crippen LogP contribution in [0, 0.1) is 6.92 Å². The molecule has 7 nitrogen and oxygen atoms in total. The fourth-order valence-corrected chi connectivity index (χ4v) is 3.43. The Morgan fingerprint density at radius 1 is 1.03 bits per heavy atom. The van der Waals surface area contributed by atoms with Crippen molar-refractivity contribution in [3.63, 3.8) is 0 Å². The molecule has 1 aliphatic rings. The zero-order valence-corrected chi connectivity index (χ0v) is 18.1. The number of nitrogens with one attached hydrogen (secondary N) is 1. The van der Waals surface area contributed by atoms with Crippen molar-refractivity contribution in [1.82, 2.24) is 0 Å². The largest absolute Gasteiger partial charge is 0.453 e. The lowest BCUT2D eigenvalue weighted by Gasteiger charge is -2.42. The Labute approximate surface area is 181 Å². The molecule has 0 fully saturated rings. The van der Waals surface area contributed by atoms with Crippen LogP contribution >= 0.6 is 0 Å². The molecule has 1 N–H and O–H groups in total. The van der Waals surface area contributed by atoms with Crippen LogP contribution in [0.25, 0.3) is 0 Å². The van der Waals surface area contributed by atoms with Crippen LogP contribution in [0.2, 0.25) is 0 Å². The molecule has 0 spiro atoms. The fourth-order valence-electron chi connectivity index (χ4n) is 3.43. The standard InChI is InChI=1S/C24H26N2O5/c1-15-9-11-17(12-10-15)20(27)13-14-21(28)31-16(2)22(29)26-19-8-6-5-7-18(19)25-23(30)24(26,3)4/h5-12,16H,13-14H2,1-4H3,(H,25,30)/t16-/m1/s1. The SMILES string of the molecule is Cc1ccc(C(=O)CCC(=O)O[C@H](C)C(=O)N2c3ccccc3NC(=O)C2(C)C)cc1. The second-order valence-corrected chi connectivity index (χ2v) is 8.13. The lowest BCUT2D eigenvalue weighted by molar-refractivity contribution is -0.154. The maximum absolute atomic E-state index is 13.2. The van der Waals surface area contributed by atoms with E-state index in [1.165, 1.54) is 11.8 Å². The van der Waals surface area contributed by atoms with Gasteiger partial charge in [0.1, 0.15) is 5.54 Å². The molecule has 3 rings (SSSR count). The van der Waals surface area contributed by atoms with E-state index in [2.05, 4.69) is 5.32 Å². The van der Waals surface area contributed by atoms with Crippen molar-refractivity contribution in [2.45, 2.75) is 52.2 Å². The van der Waals surface area contributed by atoms with Crippen molar-refractivity contribution in [1.29, 1.82) is 0 Å². The van der Waals surface area contributed by atoms with Crippen molar-refractivity contribution >= 4 is 34.9 Å². The summed E-state index contributed by atoms with van der Waals surface area (Å²) in [6.07, 6.45) is -1.26. The van der Waals surface area contributed by atoms with E-state index in [-0.39, 0.29) is 24.5 Å². The molecule has 2 aromatic carbocycles. The van der Waals surface area contributed by atoms with Gasteiger partial charge >= 0.3 is 5.97 Å². The van der Waals surface area contributed by atoms with Gasteiger partial charge in [0, 0.05) is 12.0 Å². The highest BCUT2D eigenvalue weighted by atomic mass is 16.5. The average molecular weight is 422 g/mol. The zero-order chi connectivity index (χ0) is 22.8. The predicted molar refractivity (Wildman–Crippen MR) is 117 cm³/mol. The smallest absolute Gasteiger partial charge is 0.307 e. The van der Waals surface area contributed by atoms with Gasteiger partial charge in [-0.15, -0.1) is 0 Å². The minimum atomic E-state index is -1.16. The number of hydrogen-bond donors (Lipinski definition) is 1. The van der Waals surface area contributed by atoms with E-state index < -0.39 is 23.5 Å². The first-order valence-corrected chi connectivity index (χ1v) is 10.1. The molecule has 0 bridgehead atoms. The summed E-state index contributed by atoms with van der Waals surface area (Å²) in [6.45, 7) is 6.65. The second kappa shape index (κ2) is 8.71. The third-order valence-corrected chi connectivity index (χ3v) is 5.31. The third kappa shape index (κ3) is 4.66. The Morgan fingerprint density at radius 3 is 2.35 bits per heavy atom.